The number of allylic oxidation sites excluding steroid dienone is 6. The van der Waals surface area contributed by atoms with Gasteiger partial charge in [-0.25, -0.2) is 0 Å². The van der Waals surface area contributed by atoms with E-state index in [4.69, 9.17) is 26.4 Å². The Bertz CT molecular complexity index is 533. The van der Waals surface area contributed by atoms with Crippen LogP contribution in [0.1, 0.15) is 61.3 Å². The van der Waals surface area contributed by atoms with E-state index >= 15 is 0 Å². The highest BCUT2D eigenvalue weighted by Gasteiger charge is 2.15. The van der Waals surface area contributed by atoms with Gasteiger partial charge in [-0.2, -0.15) is 0 Å². The molecule has 0 aromatic heterocycles. The van der Waals surface area contributed by atoms with E-state index < -0.39 is 0 Å². The molecule has 0 saturated heterocycles. The second-order valence-electron chi connectivity index (χ2n) is 7.11. The number of aliphatic hydroxyl groups is 2. The minimum Gasteiger partial charge on any atom is -0.506 e. The van der Waals surface area contributed by atoms with Crippen molar-refractivity contribution < 1.29 is 14.9 Å². The van der Waals surface area contributed by atoms with Gasteiger partial charge in [-0.1, -0.05) is 65.2 Å². The highest BCUT2D eigenvalue weighted by Crippen LogP contribution is 2.20. The normalized spacial score (nSPS) is 14.0. The van der Waals surface area contributed by atoms with Gasteiger partial charge in [-0.05, 0) is 51.2 Å². The van der Waals surface area contributed by atoms with Gasteiger partial charge in [-0.3, -0.25) is 0 Å². The minimum atomic E-state index is 0.0625. The first kappa shape index (κ1) is 31.3. The fourth-order valence-electron chi connectivity index (χ4n) is 1.30. The molecule has 29 heavy (non-hydrogen) atoms. The molecule has 0 aliphatic carbocycles. The smallest absolute Gasteiger partial charge is 0.138 e. The third kappa shape index (κ3) is 20.2. The molecule has 1 atom stereocenters. The molecular weight excluding hydrogens is 364 g/mol. The fraction of sp³-hybridized carbons (Fsp3) is 0.500. The molecule has 6 N–H and O–H groups in total. The molecule has 0 aromatic rings. The molecule has 5 nitrogen and oxygen atoms in total. The molecule has 0 aromatic carbocycles. The van der Waals surface area contributed by atoms with Crippen LogP contribution in [0.4, 0.5) is 0 Å². The number of ether oxygens (including phenoxy) is 1. The first-order valence-corrected chi connectivity index (χ1v) is 9.95. The van der Waals surface area contributed by atoms with E-state index in [2.05, 4.69) is 47.8 Å². The van der Waals surface area contributed by atoms with Crippen molar-refractivity contribution in [2.45, 2.75) is 67.4 Å². The Labute approximate surface area is 178 Å². The molecule has 5 heteroatoms. The van der Waals surface area contributed by atoms with Crippen molar-refractivity contribution in [2.24, 2.45) is 16.9 Å². The van der Waals surface area contributed by atoms with Crippen LogP contribution in [0.15, 0.2) is 72.5 Å². The van der Waals surface area contributed by atoms with Gasteiger partial charge in [0, 0.05) is 0 Å². The van der Waals surface area contributed by atoms with E-state index in [1.165, 1.54) is 30.7 Å². The number of rotatable bonds is 9. The molecule has 0 aliphatic rings. The average molecular weight is 409 g/mol. The van der Waals surface area contributed by atoms with Crippen LogP contribution < -0.4 is 11.5 Å². The second-order valence-corrected chi connectivity index (χ2v) is 7.11. The summed E-state index contributed by atoms with van der Waals surface area (Å²) in [6.07, 6.45) is 11.8. The average Bonchev–Trinajstić information content (AvgIpc) is 2.71. The molecule has 0 spiro atoms. The Morgan fingerprint density at radius 3 is 1.59 bits per heavy atom. The van der Waals surface area contributed by atoms with Crippen molar-refractivity contribution in [2.75, 3.05) is 6.61 Å². The van der Waals surface area contributed by atoms with Crippen molar-refractivity contribution in [3.63, 3.8) is 0 Å². The maximum absolute atomic E-state index is 8.91. The first-order chi connectivity index (χ1) is 13.5. The van der Waals surface area contributed by atoms with Gasteiger partial charge in [0.2, 0.25) is 0 Å². The number of aliphatic hydroxyl groups excluding tert-OH is 2. The van der Waals surface area contributed by atoms with Gasteiger partial charge in [0.05, 0.1) is 24.1 Å². The molecule has 0 fully saturated rings. The lowest BCUT2D eigenvalue weighted by Crippen LogP contribution is -2.21. The summed E-state index contributed by atoms with van der Waals surface area (Å²) in [6.45, 7) is 22.2. The van der Waals surface area contributed by atoms with Gasteiger partial charge < -0.3 is 26.4 Å². The van der Waals surface area contributed by atoms with Crippen LogP contribution in [0.5, 0.6) is 0 Å². The van der Waals surface area contributed by atoms with Crippen molar-refractivity contribution in [3.05, 3.63) is 72.5 Å². The van der Waals surface area contributed by atoms with E-state index in [9.17, 15) is 0 Å². The van der Waals surface area contributed by atoms with Crippen LogP contribution in [-0.2, 0) is 4.74 Å². The van der Waals surface area contributed by atoms with Crippen LogP contribution in [-0.4, -0.2) is 22.9 Å². The lowest BCUT2D eigenvalue weighted by atomic mass is 9.92. The molecule has 0 aliphatic heterocycles. The van der Waals surface area contributed by atoms with Crippen molar-refractivity contribution in [1.82, 2.24) is 0 Å². The molecule has 1 unspecified atom stereocenters. The topological polar surface area (TPSA) is 102 Å². The Morgan fingerprint density at radius 2 is 1.34 bits per heavy atom. The zero-order chi connectivity index (χ0) is 23.5. The summed E-state index contributed by atoms with van der Waals surface area (Å²) >= 11 is 0. The molecule has 168 valence electrons. The quantitative estimate of drug-likeness (QED) is 0.269. The molecule has 0 saturated carbocycles. The third-order valence-corrected chi connectivity index (χ3v) is 4.06. The lowest BCUT2D eigenvalue weighted by Gasteiger charge is -2.24. The Hall–Kier alpha value is -2.40. The van der Waals surface area contributed by atoms with E-state index in [1.54, 1.807) is 26.0 Å². The van der Waals surface area contributed by atoms with E-state index in [0.717, 1.165) is 13.0 Å². The number of nitrogens with two attached hydrogens (primary N) is 2. The standard InChI is InChI=1S/C10H22O.2C7H11NO/c1-6-9(3)11-8-10(4,5)7-2;2*1-3-5-7(9)6(8)4-2/h9H,6-8H2,1-5H3;2*3-5,9H,1,8H2,2H3/b;2*6-4+,7-5+. The summed E-state index contributed by atoms with van der Waals surface area (Å²) in [4.78, 5) is 0. The summed E-state index contributed by atoms with van der Waals surface area (Å²) in [5.74, 6) is 0.125. The maximum Gasteiger partial charge on any atom is 0.138 e. The third-order valence-electron chi connectivity index (χ3n) is 4.06. The summed E-state index contributed by atoms with van der Waals surface area (Å²) in [5, 5.41) is 17.8. The van der Waals surface area contributed by atoms with E-state index in [0.29, 0.717) is 22.9 Å². The number of hydrogen-bond acceptors (Lipinski definition) is 5. The predicted octanol–water partition coefficient (Wildman–Crippen LogP) is 6.19. The summed E-state index contributed by atoms with van der Waals surface area (Å²) < 4.78 is 5.65. The minimum absolute atomic E-state index is 0.0625. The van der Waals surface area contributed by atoms with Gasteiger partial charge >= 0.3 is 0 Å². The predicted molar refractivity (Wildman–Crippen MR) is 127 cm³/mol. The van der Waals surface area contributed by atoms with Crippen LogP contribution in [0.25, 0.3) is 0 Å². The SMILES string of the molecule is C=C/C=C(O)\C(N)=C/C.C=C/C=C(O)\C(N)=C/C.CCC(C)OCC(C)(C)CC. The fourth-order valence-corrected chi connectivity index (χ4v) is 1.30. The zero-order valence-electron chi connectivity index (χ0n) is 19.5. The highest BCUT2D eigenvalue weighted by molar-refractivity contribution is 5.24. The monoisotopic (exact) mass is 408 g/mol. The zero-order valence-corrected chi connectivity index (χ0v) is 19.5. The largest absolute Gasteiger partial charge is 0.506 e. The number of hydrogen-bond donors (Lipinski definition) is 4. The second kappa shape index (κ2) is 18.9. The highest BCUT2D eigenvalue weighted by atomic mass is 16.5. The van der Waals surface area contributed by atoms with Crippen LogP contribution in [0.3, 0.4) is 0 Å². The summed E-state index contributed by atoms with van der Waals surface area (Å²) in [6, 6.07) is 0. The Balaban J connectivity index is -0.000000352. The first-order valence-electron chi connectivity index (χ1n) is 9.95. The summed E-state index contributed by atoms with van der Waals surface area (Å²) in [7, 11) is 0. The molecule has 0 rings (SSSR count). The Kier molecular flexibility index (Phi) is 20.4. The van der Waals surface area contributed by atoms with E-state index in [1.807, 2.05) is 0 Å². The van der Waals surface area contributed by atoms with Crippen LogP contribution >= 0.6 is 0 Å². The molecular formula is C24H44N2O3. The Morgan fingerprint density at radius 1 is 0.966 bits per heavy atom. The summed E-state index contributed by atoms with van der Waals surface area (Å²) in [5.41, 5.74) is 11.7. The van der Waals surface area contributed by atoms with Crippen LogP contribution in [0.2, 0.25) is 0 Å². The van der Waals surface area contributed by atoms with Gasteiger partial charge in [-0.15, -0.1) is 0 Å². The van der Waals surface area contributed by atoms with Gasteiger partial charge in [0.25, 0.3) is 0 Å². The van der Waals surface area contributed by atoms with Gasteiger partial charge in [0.1, 0.15) is 11.5 Å². The van der Waals surface area contributed by atoms with Gasteiger partial charge in [0.15, 0.2) is 0 Å². The van der Waals surface area contributed by atoms with Crippen molar-refractivity contribution in [1.29, 1.82) is 0 Å². The molecule has 0 bridgehead atoms. The molecule has 0 amide bonds. The lowest BCUT2D eigenvalue weighted by molar-refractivity contribution is 0.00929. The molecule has 0 heterocycles. The van der Waals surface area contributed by atoms with E-state index in [-0.39, 0.29) is 11.5 Å². The van der Waals surface area contributed by atoms with Crippen molar-refractivity contribution in [3.8, 4) is 0 Å². The van der Waals surface area contributed by atoms with Crippen molar-refractivity contribution >= 4 is 0 Å². The maximum atomic E-state index is 8.91. The molecule has 0 radical (unpaired) electrons. The van der Waals surface area contributed by atoms with Crippen LogP contribution in [0, 0.1) is 5.41 Å².